The number of hydrogen-bond acceptors (Lipinski definition) is 0. The smallest absolute Gasteiger partial charge is 0.0259 e. The number of halogens is 1. The number of allylic oxidation sites excluding steroid dienone is 1. The van der Waals surface area contributed by atoms with Crippen molar-refractivity contribution >= 4 is 11.6 Å². The molecule has 0 saturated carbocycles. The normalized spacial score (nSPS) is 14.6. The van der Waals surface area contributed by atoms with E-state index in [-0.39, 0.29) is 0 Å². The van der Waals surface area contributed by atoms with Crippen LogP contribution in [0.4, 0.5) is 0 Å². The monoisotopic (exact) mass is 174 g/mol. The predicted octanol–water partition coefficient (Wildman–Crippen LogP) is 3.85. The summed E-state index contributed by atoms with van der Waals surface area (Å²) in [5.41, 5.74) is 1.53. The lowest BCUT2D eigenvalue weighted by molar-refractivity contribution is 0.263. The first-order chi connectivity index (χ1) is 4.88. The van der Waals surface area contributed by atoms with Gasteiger partial charge in [0.15, 0.2) is 0 Å². The van der Waals surface area contributed by atoms with Gasteiger partial charge in [-0.05, 0) is 24.7 Å². The molecule has 0 aromatic heterocycles. The van der Waals surface area contributed by atoms with Crippen molar-refractivity contribution in [3.8, 4) is 0 Å². The van der Waals surface area contributed by atoms with Gasteiger partial charge in [-0.25, -0.2) is 0 Å². The Morgan fingerprint density at radius 2 is 1.91 bits per heavy atom. The topological polar surface area (TPSA) is 0 Å². The fourth-order valence-corrected chi connectivity index (χ4v) is 1.58. The largest absolute Gasteiger partial charge is 0.126 e. The van der Waals surface area contributed by atoms with Gasteiger partial charge in [-0.1, -0.05) is 26.3 Å². The molecular weight excluding hydrogens is 156 g/mol. The first-order valence-electron chi connectivity index (χ1n) is 4.08. The van der Waals surface area contributed by atoms with E-state index < -0.39 is 0 Å². The lowest BCUT2D eigenvalue weighted by atomic mass is 9.79. The van der Waals surface area contributed by atoms with Crippen molar-refractivity contribution in [3.63, 3.8) is 0 Å². The minimum Gasteiger partial charge on any atom is -0.126 e. The Balaban J connectivity index is 4.07. The Labute approximate surface area is 75.6 Å². The molecule has 0 aliphatic rings. The van der Waals surface area contributed by atoms with E-state index in [0.29, 0.717) is 11.3 Å². The van der Waals surface area contributed by atoms with E-state index >= 15 is 0 Å². The van der Waals surface area contributed by atoms with Crippen LogP contribution in [0.5, 0.6) is 0 Å². The second kappa shape index (κ2) is 4.15. The predicted molar refractivity (Wildman–Crippen MR) is 53.1 cm³/mol. The fraction of sp³-hybridized carbons (Fsp3) is 0.800. The second-order valence-electron chi connectivity index (χ2n) is 4.38. The lowest BCUT2D eigenvalue weighted by Crippen LogP contribution is -2.22. The average Bonchev–Trinajstić information content (AvgIpc) is 1.79. The van der Waals surface area contributed by atoms with Crippen LogP contribution in [0.2, 0.25) is 0 Å². The van der Waals surface area contributed by atoms with Crippen LogP contribution in [0.25, 0.3) is 0 Å². The van der Waals surface area contributed by atoms with Gasteiger partial charge in [-0.2, -0.15) is 0 Å². The molecule has 0 spiro atoms. The van der Waals surface area contributed by atoms with Gasteiger partial charge in [-0.15, -0.1) is 18.2 Å². The average molecular weight is 175 g/mol. The lowest BCUT2D eigenvalue weighted by Gasteiger charge is -2.29. The first-order valence-corrected chi connectivity index (χ1v) is 4.61. The highest BCUT2D eigenvalue weighted by atomic mass is 35.5. The molecule has 0 fully saturated rings. The summed E-state index contributed by atoms with van der Waals surface area (Å²) in [4.78, 5) is 0. The van der Waals surface area contributed by atoms with Crippen molar-refractivity contribution < 1.29 is 0 Å². The third kappa shape index (κ3) is 4.47. The Kier molecular flexibility index (Phi) is 4.17. The summed E-state index contributed by atoms with van der Waals surface area (Å²) in [6, 6.07) is 0. The molecule has 11 heavy (non-hydrogen) atoms. The minimum absolute atomic E-state index is 0.306. The van der Waals surface area contributed by atoms with Gasteiger partial charge in [0.1, 0.15) is 0 Å². The SMILES string of the molecule is C=C(C)CC(CCl)C(C)(C)C. The molecule has 1 atom stereocenters. The van der Waals surface area contributed by atoms with Crippen molar-refractivity contribution in [2.24, 2.45) is 11.3 Å². The molecule has 0 saturated heterocycles. The summed E-state index contributed by atoms with van der Waals surface area (Å²) in [5.74, 6) is 1.29. The molecule has 0 N–H and O–H groups in total. The zero-order valence-corrected chi connectivity index (χ0v) is 8.83. The van der Waals surface area contributed by atoms with Crippen LogP contribution in [0.1, 0.15) is 34.1 Å². The standard InChI is InChI=1S/C10H19Cl/c1-8(2)6-9(7-11)10(3,4)5/h9H,1,6-7H2,2-5H3. The molecule has 0 aromatic carbocycles. The Morgan fingerprint density at radius 1 is 1.45 bits per heavy atom. The third-order valence-electron chi connectivity index (χ3n) is 2.01. The number of rotatable bonds is 3. The van der Waals surface area contributed by atoms with E-state index in [1.807, 2.05) is 0 Å². The Hall–Kier alpha value is 0.0300. The van der Waals surface area contributed by atoms with E-state index in [4.69, 9.17) is 11.6 Å². The maximum Gasteiger partial charge on any atom is 0.0259 e. The summed E-state index contributed by atoms with van der Waals surface area (Å²) < 4.78 is 0. The van der Waals surface area contributed by atoms with Gasteiger partial charge in [0.05, 0.1) is 0 Å². The van der Waals surface area contributed by atoms with E-state index in [9.17, 15) is 0 Å². The number of alkyl halides is 1. The summed E-state index contributed by atoms with van der Waals surface area (Å²) in [6.45, 7) is 12.6. The van der Waals surface area contributed by atoms with E-state index in [1.165, 1.54) is 5.57 Å². The van der Waals surface area contributed by atoms with Crippen molar-refractivity contribution in [2.75, 3.05) is 5.88 Å². The zero-order chi connectivity index (χ0) is 9.07. The van der Waals surface area contributed by atoms with Gasteiger partial charge >= 0.3 is 0 Å². The summed E-state index contributed by atoms with van der Waals surface area (Å²) in [5, 5.41) is 0. The zero-order valence-electron chi connectivity index (χ0n) is 8.08. The molecule has 0 aromatic rings. The molecular formula is C10H19Cl. The van der Waals surface area contributed by atoms with Crippen molar-refractivity contribution in [1.29, 1.82) is 0 Å². The van der Waals surface area contributed by atoms with Gasteiger partial charge < -0.3 is 0 Å². The highest BCUT2D eigenvalue weighted by Gasteiger charge is 2.23. The highest BCUT2D eigenvalue weighted by molar-refractivity contribution is 6.18. The Morgan fingerprint density at radius 3 is 2.00 bits per heavy atom. The quantitative estimate of drug-likeness (QED) is 0.451. The molecule has 0 aliphatic heterocycles. The molecule has 0 aliphatic carbocycles. The molecule has 0 bridgehead atoms. The highest BCUT2D eigenvalue weighted by Crippen LogP contribution is 2.31. The van der Waals surface area contributed by atoms with Crippen LogP contribution in [0.15, 0.2) is 12.2 Å². The summed E-state index contributed by atoms with van der Waals surface area (Å²) in [7, 11) is 0. The van der Waals surface area contributed by atoms with E-state index in [2.05, 4.69) is 34.3 Å². The van der Waals surface area contributed by atoms with Gasteiger partial charge in [0, 0.05) is 5.88 Å². The Bertz CT molecular complexity index is 130. The van der Waals surface area contributed by atoms with Crippen molar-refractivity contribution in [3.05, 3.63) is 12.2 Å². The maximum absolute atomic E-state index is 5.86. The van der Waals surface area contributed by atoms with Gasteiger partial charge in [0.25, 0.3) is 0 Å². The number of hydrogen-bond donors (Lipinski definition) is 0. The molecule has 1 heteroatoms. The molecule has 1 unspecified atom stereocenters. The molecule has 66 valence electrons. The van der Waals surface area contributed by atoms with E-state index in [0.717, 1.165) is 12.3 Å². The maximum atomic E-state index is 5.86. The summed E-state index contributed by atoms with van der Waals surface area (Å²) >= 11 is 5.86. The molecule has 0 radical (unpaired) electrons. The third-order valence-corrected chi connectivity index (χ3v) is 2.38. The van der Waals surface area contributed by atoms with E-state index in [1.54, 1.807) is 0 Å². The van der Waals surface area contributed by atoms with Crippen LogP contribution >= 0.6 is 11.6 Å². The van der Waals surface area contributed by atoms with Gasteiger partial charge in [0.2, 0.25) is 0 Å². The molecule has 0 nitrogen and oxygen atoms in total. The van der Waals surface area contributed by atoms with Crippen LogP contribution in [-0.2, 0) is 0 Å². The van der Waals surface area contributed by atoms with Gasteiger partial charge in [-0.3, -0.25) is 0 Å². The second-order valence-corrected chi connectivity index (χ2v) is 4.69. The van der Waals surface area contributed by atoms with Crippen molar-refractivity contribution in [2.45, 2.75) is 34.1 Å². The van der Waals surface area contributed by atoms with Crippen LogP contribution in [-0.4, -0.2) is 5.88 Å². The molecule has 0 amide bonds. The fourth-order valence-electron chi connectivity index (χ4n) is 1.01. The first kappa shape index (κ1) is 11.0. The minimum atomic E-state index is 0.306. The van der Waals surface area contributed by atoms with Crippen LogP contribution in [0, 0.1) is 11.3 Å². The van der Waals surface area contributed by atoms with Crippen LogP contribution in [0.3, 0.4) is 0 Å². The molecule has 0 rings (SSSR count). The van der Waals surface area contributed by atoms with Crippen molar-refractivity contribution in [1.82, 2.24) is 0 Å². The van der Waals surface area contributed by atoms with Crippen LogP contribution < -0.4 is 0 Å². The molecule has 0 heterocycles. The summed E-state index contributed by atoms with van der Waals surface area (Å²) in [6.07, 6.45) is 1.05.